The Morgan fingerprint density at radius 1 is 0.605 bits per heavy atom. The molecule has 0 spiro atoms. The van der Waals surface area contributed by atoms with Gasteiger partial charge >= 0.3 is 0 Å². The highest BCUT2D eigenvalue weighted by atomic mass is 14.7. The lowest BCUT2D eigenvalue weighted by atomic mass is 9.89. The van der Waals surface area contributed by atoms with Crippen LogP contribution in [0.5, 0.6) is 0 Å². The van der Waals surface area contributed by atoms with Crippen LogP contribution in [0.2, 0.25) is 0 Å². The summed E-state index contributed by atoms with van der Waals surface area (Å²) >= 11 is 0. The van der Waals surface area contributed by atoms with Gasteiger partial charge < -0.3 is 0 Å². The summed E-state index contributed by atoms with van der Waals surface area (Å²) in [6, 6.07) is 30.5. The summed E-state index contributed by atoms with van der Waals surface area (Å²) in [6.45, 7) is 14.2. The smallest absolute Gasteiger partial charge is 0.0711 e. The normalized spacial score (nSPS) is 12.2. The first-order valence-corrected chi connectivity index (χ1v) is 13.4. The highest BCUT2D eigenvalue weighted by Gasteiger charge is 2.23. The molecule has 1 heterocycles. The van der Waals surface area contributed by atoms with Crippen molar-refractivity contribution in [3.63, 3.8) is 0 Å². The molecule has 1 nitrogen and oxygen atoms in total. The molecule has 1 aliphatic rings. The fourth-order valence-corrected chi connectivity index (χ4v) is 5.56. The first-order chi connectivity index (χ1) is 18.7. The standard InChI is InChI=1S/C35H27N.C2H6/c1-4-7-12-23-13-10-18-34(36-23)30-21-19-28(26-14-8-9-15-27(26)30)29-20-22-33-25(6-3)24(5-2)31-16-11-17-32(29)35(31)33;1-2/h4-11,13-22H,2-3,12H2,1H3;1-2H3/b7-4-;. The van der Waals surface area contributed by atoms with E-state index < -0.39 is 0 Å². The van der Waals surface area contributed by atoms with Gasteiger partial charge in [0, 0.05) is 17.7 Å². The molecule has 38 heavy (non-hydrogen) atoms. The number of allylic oxidation sites excluding steroid dienone is 6. The molecule has 0 saturated carbocycles. The molecule has 1 aromatic heterocycles. The Morgan fingerprint density at radius 2 is 1.16 bits per heavy atom. The molecule has 0 bridgehead atoms. The van der Waals surface area contributed by atoms with Gasteiger partial charge in [-0.3, -0.25) is 4.98 Å². The Kier molecular flexibility index (Phi) is 7.20. The van der Waals surface area contributed by atoms with Gasteiger partial charge in [0.25, 0.3) is 0 Å². The van der Waals surface area contributed by atoms with E-state index in [1.54, 1.807) is 0 Å². The van der Waals surface area contributed by atoms with E-state index in [9.17, 15) is 0 Å². The highest BCUT2D eigenvalue weighted by Crippen LogP contribution is 2.47. The van der Waals surface area contributed by atoms with Gasteiger partial charge in [-0.1, -0.05) is 124 Å². The average molecular weight is 492 g/mol. The molecule has 0 aliphatic heterocycles. The average Bonchev–Trinajstić information content (AvgIpc) is 3.31. The largest absolute Gasteiger partial charge is 0.252 e. The van der Waals surface area contributed by atoms with Crippen molar-refractivity contribution >= 4 is 32.7 Å². The Morgan fingerprint density at radius 3 is 1.84 bits per heavy atom. The van der Waals surface area contributed by atoms with Crippen LogP contribution in [-0.4, -0.2) is 4.98 Å². The van der Waals surface area contributed by atoms with Crippen LogP contribution >= 0.6 is 0 Å². The lowest BCUT2D eigenvalue weighted by molar-refractivity contribution is 1.11. The SMILES string of the molecule is C=CC1=C(C=C)c2ccc(-c3ccc(-c4cccc(C/C=C\C)n4)c4ccccc34)c3cccc1c23.CC. The van der Waals surface area contributed by atoms with E-state index in [4.69, 9.17) is 4.98 Å². The summed E-state index contributed by atoms with van der Waals surface area (Å²) < 4.78 is 0. The van der Waals surface area contributed by atoms with Gasteiger partial charge in [0.15, 0.2) is 0 Å². The minimum Gasteiger partial charge on any atom is -0.252 e. The van der Waals surface area contributed by atoms with Crippen molar-refractivity contribution in [2.45, 2.75) is 27.2 Å². The predicted octanol–water partition coefficient (Wildman–Crippen LogP) is 10.5. The van der Waals surface area contributed by atoms with E-state index in [1.807, 2.05) is 32.9 Å². The Hall–Kier alpha value is -4.49. The van der Waals surface area contributed by atoms with E-state index in [1.165, 1.54) is 43.8 Å². The van der Waals surface area contributed by atoms with Crippen molar-refractivity contribution in [2.24, 2.45) is 0 Å². The van der Waals surface area contributed by atoms with Gasteiger partial charge in [-0.25, -0.2) is 0 Å². The van der Waals surface area contributed by atoms with Crippen molar-refractivity contribution in [3.05, 3.63) is 139 Å². The third-order valence-corrected chi connectivity index (χ3v) is 7.18. The number of hydrogen-bond acceptors (Lipinski definition) is 1. The molecule has 0 amide bonds. The van der Waals surface area contributed by atoms with E-state index in [0.717, 1.165) is 34.5 Å². The Bertz CT molecular complexity index is 1720. The quantitative estimate of drug-likeness (QED) is 0.215. The molecule has 1 heteroatoms. The minimum absolute atomic E-state index is 0.842. The van der Waals surface area contributed by atoms with Gasteiger partial charge in [-0.05, 0) is 74.0 Å². The molecule has 0 unspecified atom stereocenters. The van der Waals surface area contributed by atoms with Gasteiger partial charge in [0.2, 0.25) is 0 Å². The van der Waals surface area contributed by atoms with Crippen LogP contribution in [0.1, 0.15) is 37.6 Å². The van der Waals surface area contributed by atoms with Crippen molar-refractivity contribution in [3.8, 4) is 22.4 Å². The van der Waals surface area contributed by atoms with E-state index in [0.29, 0.717) is 0 Å². The molecule has 0 saturated heterocycles. The zero-order valence-electron chi connectivity index (χ0n) is 22.5. The third-order valence-electron chi connectivity index (χ3n) is 7.18. The maximum Gasteiger partial charge on any atom is 0.0711 e. The molecular weight excluding hydrogens is 458 g/mol. The molecule has 0 N–H and O–H groups in total. The minimum atomic E-state index is 0.842. The lowest BCUT2D eigenvalue weighted by Gasteiger charge is -2.15. The number of fused-ring (bicyclic) bond motifs is 1. The number of benzene rings is 4. The van der Waals surface area contributed by atoms with Crippen molar-refractivity contribution in [1.29, 1.82) is 0 Å². The van der Waals surface area contributed by atoms with E-state index >= 15 is 0 Å². The summed E-state index contributed by atoms with van der Waals surface area (Å²) in [6.07, 6.45) is 8.96. The Balaban J connectivity index is 0.00000144. The second-order valence-corrected chi connectivity index (χ2v) is 9.12. The lowest BCUT2D eigenvalue weighted by Crippen LogP contribution is -1.93. The maximum atomic E-state index is 4.97. The van der Waals surface area contributed by atoms with Crippen LogP contribution in [-0.2, 0) is 6.42 Å². The molecule has 0 radical (unpaired) electrons. The molecule has 1 aliphatic carbocycles. The van der Waals surface area contributed by atoms with Crippen LogP contribution in [0, 0.1) is 0 Å². The highest BCUT2D eigenvalue weighted by molar-refractivity contribution is 6.21. The Labute approximate surface area is 226 Å². The van der Waals surface area contributed by atoms with Gasteiger partial charge in [0.1, 0.15) is 0 Å². The van der Waals surface area contributed by atoms with Crippen LogP contribution in [0.3, 0.4) is 0 Å². The molecule has 5 aromatic rings. The van der Waals surface area contributed by atoms with Crippen molar-refractivity contribution < 1.29 is 0 Å². The number of hydrogen-bond donors (Lipinski definition) is 0. The summed E-state index contributed by atoms with van der Waals surface area (Å²) in [5.74, 6) is 0. The number of rotatable bonds is 6. The summed E-state index contributed by atoms with van der Waals surface area (Å²) in [5.41, 5.74) is 10.5. The fourth-order valence-electron chi connectivity index (χ4n) is 5.56. The molecule has 0 atom stereocenters. The maximum absolute atomic E-state index is 4.97. The molecule has 4 aromatic carbocycles. The van der Waals surface area contributed by atoms with Crippen LogP contribution < -0.4 is 0 Å². The first-order valence-electron chi connectivity index (χ1n) is 13.4. The van der Waals surface area contributed by atoms with Gasteiger partial charge in [0.05, 0.1) is 5.69 Å². The summed E-state index contributed by atoms with van der Waals surface area (Å²) in [5, 5.41) is 4.98. The number of pyridine rings is 1. The molecule has 186 valence electrons. The van der Waals surface area contributed by atoms with Gasteiger partial charge in [-0.2, -0.15) is 0 Å². The zero-order chi connectivity index (χ0) is 26.6. The van der Waals surface area contributed by atoms with E-state index in [-0.39, 0.29) is 0 Å². The molecule has 0 fully saturated rings. The molecule has 6 rings (SSSR count). The van der Waals surface area contributed by atoms with Crippen LogP contribution in [0.25, 0.3) is 55.1 Å². The van der Waals surface area contributed by atoms with Crippen molar-refractivity contribution in [2.75, 3.05) is 0 Å². The summed E-state index contributed by atoms with van der Waals surface area (Å²) in [7, 11) is 0. The topological polar surface area (TPSA) is 12.9 Å². The third kappa shape index (κ3) is 4.11. The van der Waals surface area contributed by atoms with Crippen LogP contribution in [0.15, 0.2) is 122 Å². The first kappa shape index (κ1) is 25.2. The molecular formula is C37H33N. The number of nitrogens with zero attached hydrogens (tertiary/aromatic N) is 1. The second kappa shape index (κ2) is 10.9. The van der Waals surface area contributed by atoms with Crippen LogP contribution in [0.4, 0.5) is 0 Å². The fraction of sp³-hybridized carbons (Fsp3) is 0.108. The summed E-state index contributed by atoms with van der Waals surface area (Å²) in [4.78, 5) is 4.97. The van der Waals surface area contributed by atoms with Crippen molar-refractivity contribution in [1.82, 2.24) is 4.98 Å². The zero-order valence-corrected chi connectivity index (χ0v) is 22.5. The van der Waals surface area contributed by atoms with E-state index in [2.05, 4.69) is 110 Å². The second-order valence-electron chi connectivity index (χ2n) is 9.12. The monoisotopic (exact) mass is 491 g/mol. The van der Waals surface area contributed by atoms with Gasteiger partial charge in [-0.15, -0.1) is 0 Å². The number of aromatic nitrogens is 1. The predicted molar refractivity (Wildman–Crippen MR) is 167 cm³/mol.